The maximum Gasteiger partial charge on any atom is 0.236 e. The maximum absolute atomic E-state index is 11.9. The quantitative estimate of drug-likeness (QED) is 0.832. The molecule has 2 rings (SSSR count). The fourth-order valence-corrected chi connectivity index (χ4v) is 2.31. The van der Waals surface area contributed by atoms with E-state index in [1.165, 1.54) is 0 Å². The molecule has 1 atom stereocenters. The van der Waals surface area contributed by atoms with Gasteiger partial charge in [-0.2, -0.15) is 0 Å². The number of carbonyl (C=O) groups is 1. The Morgan fingerprint density at radius 2 is 2.28 bits per heavy atom. The lowest BCUT2D eigenvalue weighted by Crippen LogP contribution is -2.39. The van der Waals surface area contributed by atoms with Crippen LogP contribution in [-0.4, -0.2) is 53.9 Å². The second kappa shape index (κ2) is 5.93. The van der Waals surface area contributed by atoms with Crippen LogP contribution in [0.25, 0.3) is 0 Å². The van der Waals surface area contributed by atoms with Gasteiger partial charge in [-0.15, -0.1) is 0 Å². The molecule has 0 aromatic carbocycles. The number of rotatable bonds is 3. The molecule has 0 bridgehead atoms. The summed E-state index contributed by atoms with van der Waals surface area (Å²) in [7, 11) is 1.85. The minimum Gasteiger partial charge on any atom is -0.345 e. The van der Waals surface area contributed by atoms with E-state index in [0.29, 0.717) is 13.1 Å². The van der Waals surface area contributed by atoms with Crippen molar-refractivity contribution in [3.63, 3.8) is 0 Å². The minimum atomic E-state index is 0.0293. The van der Waals surface area contributed by atoms with Crippen molar-refractivity contribution in [3.05, 3.63) is 30.1 Å². The first kappa shape index (κ1) is 13.0. The summed E-state index contributed by atoms with van der Waals surface area (Å²) < 4.78 is 0. The van der Waals surface area contributed by atoms with Crippen LogP contribution in [0.4, 0.5) is 0 Å². The van der Waals surface area contributed by atoms with E-state index in [-0.39, 0.29) is 11.9 Å². The zero-order chi connectivity index (χ0) is 13.0. The summed E-state index contributed by atoms with van der Waals surface area (Å²) in [5.74, 6) is 0.155. The molecular formula is C13H20N4O. The van der Waals surface area contributed by atoms with Crippen LogP contribution in [0.2, 0.25) is 0 Å². The van der Waals surface area contributed by atoms with Crippen molar-refractivity contribution in [2.45, 2.75) is 12.5 Å². The Hall–Kier alpha value is -1.46. The van der Waals surface area contributed by atoms with Crippen LogP contribution in [0.15, 0.2) is 24.4 Å². The predicted molar refractivity (Wildman–Crippen MR) is 69.9 cm³/mol. The monoisotopic (exact) mass is 248 g/mol. The van der Waals surface area contributed by atoms with Gasteiger partial charge in [-0.3, -0.25) is 14.7 Å². The molecule has 1 amide bonds. The standard InChI is InChI=1S/C13H20N4O/c1-16-7-4-8-17(10-13(16)18)12(9-14)11-5-2-3-6-15-11/h2-3,5-6,12H,4,7-10,14H2,1H3. The lowest BCUT2D eigenvalue weighted by molar-refractivity contribution is -0.130. The maximum atomic E-state index is 11.9. The normalized spacial score (nSPS) is 19.7. The molecule has 2 heterocycles. The Bertz CT molecular complexity index is 395. The Morgan fingerprint density at radius 1 is 1.44 bits per heavy atom. The summed E-state index contributed by atoms with van der Waals surface area (Å²) in [5, 5.41) is 0. The predicted octanol–water partition coefficient (Wildman–Crippen LogP) is 0.246. The molecule has 1 aromatic heterocycles. The van der Waals surface area contributed by atoms with Crippen molar-refractivity contribution in [2.75, 3.05) is 33.2 Å². The Labute approximate surface area is 108 Å². The molecule has 2 N–H and O–H groups in total. The highest BCUT2D eigenvalue weighted by Gasteiger charge is 2.25. The van der Waals surface area contributed by atoms with Crippen molar-refractivity contribution in [1.82, 2.24) is 14.8 Å². The van der Waals surface area contributed by atoms with Gasteiger partial charge in [0.25, 0.3) is 0 Å². The van der Waals surface area contributed by atoms with Gasteiger partial charge in [0.05, 0.1) is 18.3 Å². The summed E-state index contributed by atoms with van der Waals surface area (Å²) in [5.41, 5.74) is 6.80. The van der Waals surface area contributed by atoms with Crippen molar-refractivity contribution in [3.8, 4) is 0 Å². The molecule has 0 saturated carbocycles. The number of hydrogen-bond donors (Lipinski definition) is 1. The number of hydrogen-bond acceptors (Lipinski definition) is 4. The topological polar surface area (TPSA) is 62.5 Å². The Balaban J connectivity index is 2.15. The molecule has 1 unspecified atom stereocenters. The summed E-state index contributed by atoms with van der Waals surface area (Å²) in [6.45, 7) is 2.60. The van der Waals surface area contributed by atoms with Crippen LogP contribution < -0.4 is 5.73 Å². The number of likely N-dealkylation sites (N-methyl/N-ethyl adjacent to an activating group) is 1. The Morgan fingerprint density at radius 3 is 2.94 bits per heavy atom. The van der Waals surface area contributed by atoms with E-state index in [4.69, 9.17) is 5.73 Å². The van der Waals surface area contributed by atoms with Gasteiger partial charge in [0.15, 0.2) is 0 Å². The molecule has 98 valence electrons. The fourth-order valence-electron chi connectivity index (χ4n) is 2.31. The van der Waals surface area contributed by atoms with E-state index in [1.54, 1.807) is 11.1 Å². The van der Waals surface area contributed by atoms with Crippen molar-refractivity contribution in [1.29, 1.82) is 0 Å². The van der Waals surface area contributed by atoms with Crippen LogP contribution in [0, 0.1) is 0 Å². The molecule has 1 saturated heterocycles. The average Bonchev–Trinajstić information content (AvgIpc) is 2.55. The molecule has 0 aliphatic carbocycles. The second-order valence-electron chi connectivity index (χ2n) is 4.65. The number of amides is 1. The highest BCUT2D eigenvalue weighted by molar-refractivity contribution is 5.78. The zero-order valence-corrected chi connectivity index (χ0v) is 10.7. The van der Waals surface area contributed by atoms with Gasteiger partial charge in [0.1, 0.15) is 0 Å². The first-order valence-corrected chi connectivity index (χ1v) is 6.31. The van der Waals surface area contributed by atoms with E-state index in [2.05, 4.69) is 9.88 Å². The molecule has 1 aromatic rings. The van der Waals surface area contributed by atoms with Crippen LogP contribution >= 0.6 is 0 Å². The third-order valence-electron chi connectivity index (χ3n) is 3.40. The third kappa shape index (κ3) is 2.86. The Kier molecular flexibility index (Phi) is 4.28. The molecular weight excluding hydrogens is 228 g/mol. The minimum absolute atomic E-state index is 0.0293. The van der Waals surface area contributed by atoms with Gasteiger partial charge in [0, 0.05) is 32.9 Å². The highest BCUT2D eigenvalue weighted by Crippen LogP contribution is 2.19. The summed E-state index contributed by atoms with van der Waals surface area (Å²) in [4.78, 5) is 20.2. The lowest BCUT2D eigenvalue weighted by atomic mass is 10.1. The first-order chi connectivity index (χ1) is 8.72. The summed E-state index contributed by atoms with van der Waals surface area (Å²) in [6.07, 6.45) is 2.75. The molecule has 18 heavy (non-hydrogen) atoms. The van der Waals surface area contributed by atoms with E-state index in [1.807, 2.05) is 25.2 Å². The SMILES string of the molecule is CN1CCCN(C(CN)c2ccccn2)CC1=O. The number of nitrogens with two attached hydrogens (primary N) is 1. The molecule has 5 heteroatoms. The molecule has 0 radical (unpaired) electrons. The fraction of sp³-hybridized carbons (Fsp3) is 0.538. The van der Waals surface area contributed by atoms with E-state index in [9.17, 15) is 4.79 Å². The molecule has 1 aliphatic heterocycles. The van der Waals surface area contributed by atoms with Gasteiger partial charge in [-0.25, -0.2) is 0 Å². The van der Waals surface area contributed by atoms with E-state index in [0.717, 1.165) is 25.2 Å². The molecule has 0 spiro atoms. The van der Waals surface area contributed by atoms with E-state index < -0.39 is 0 Å². The van der Waals surface area contributed by atoms with Crippen LogP contribution in [-0.2, 0) is 4.79 Å². The first-order valence-electron chi connectivity index (χ1n) is 6.31. The van der Waals surface area contributed by atoms with Gasteiger partial charge >= 0.3 is 0 Å². The smallest absolute Gasteiger partial charge is 0.236 e. The largest absolute Gasteiger partial charge is 0.345 e. The number of nitrogens with zero attached hydrogens (tertiary/aromatic N) is 3. The summed E-state index contributed by atoms with van der Waals surface area (Å²) in [6, 6.07) is 5.84. The van der Waals surface area contributed by atoms with Crippen LogP contribution in [0.3, 0.4) is 0 Å². The molecule has 1 aliphatic rings. The average molecular weight is 248 g/mol. The summed E-state index contributed by atoms with van der Waals surface area (Å²) >= 11 is 0. The van der Waals surface area contributed by atoms with Crippen molar-refractivity contribution < 1.29 is 4.79 Å². The second-order valence-corrected chi connectivity index (χ2v) is 4.65. The molecule has 5 nitrogen and oxygen atoms in total. The number of carbonyl (C=O) groups excluding carboxylic acids is 1. The van der Waals surface area contributed by atoms with Crippen molar-refractivity contribution >= 4 is 5.91 Å². The molecule has 1 fully saturated rings. The van der Waals surface area contributed by atoms with Gasteiger partial charge < -0.3 is 10.6 Å². The van der Waals surface area contributed by atoms with Crippen molar-refractivity contribution in [2.24, 2.45) is 5.73 Å². The third-order valence-corrected chi connectivity index (χ3v) is 3.40. The van der Waals surface area contributed by atoms with Crippen LogP contribution in [0.1, 0.15) is 18.2 Å². The van der Waals surface area contributed by atoms with Gasteiger partial charge in [0.2, 0.25) is 5.91 Å². The van der Waals surface area contributed by atoms with E-state index >= 15 is 0 Å². The lowest BCUT2D eigenvalue weighted by Gasteiger charge is -2.28. The van der Waals surface area contributed by atoms with Gasteiger partial charge in [-0.05, 0) is 18.6 Å². The zero-order valence-electron chi connectivity index (χ0n) is 10.7. The number of pyridine rings is 1. The van der Waals surface area contributed by atoms with Gasteiger partial charge in [-0.1, -0.05) is 6.07 Å². The number of aromatic nitrogens is 1. The highest BCUT2D eigenvalue weighted by atomic mass is 16.2. The van der Waals surface area contributed by atoms with Crippen LogP contribution in [0.5, 0.6) is 0 Å².